The van der Waals surface area contributed by atoms with Crippen LogP contribution in [0.5, 0.6) is 0 Å². The van der Waals surface area contributed by atoms with Crippen LogP contribution in [-0.2, 0) is 11.2 Å². The van der Waals surface area contributed by atoms with E-state index in [0.717, 1.165) is 5.56 Å². The van der Waals surface area contributed by atoms with Gasteiger partial charge in [0.2, 0.25) is 0 Å². The van der Waals surface area contributed by atoms with Crippen LogP contribution in [0.2, 0.25) is 0 Å². The molecule has 1 amide bonds. The number of hydrogen-bond donors (Lipinski definition) is 2. The van der Waals surface area contributed by atoms with Gasteiger partial charge in [0.15, 0.2) is 0 Å². The van der Waals surface area contributed by atoms with Crippen molar-refractivity contribution >= 4 is 11.9 Å². The van der Waals surface area contributed by atoms with Crippen LogP contribution in [0.3, 0.4) is 0 Å². The molecule has 0 fully saturated rings. The average Bonchev–Trinajstić information content (AvgIpc) is 2.85. The molecule has 0 aliphatic rings. The summed E-state index contributed by atoms with van der Waals surface area (Å²) in [4.78, 5) is 23.3. The van der Waals surface area contributed by atoms with Crippen molar-refractivity contribution < 1.29 is 19.1 Å². The van der Waals surface area contributed by atoms with E-state index in [0.29, 0.717) is 11.3 Å². The maximum atomic E-state index is 12.0. The lowest BCUT2D eigenvalue weighted by molar-refractivity contribution is -0.139. The van der Waals surface area contributed by atoms with E-state index in [2.05, 4.69) is 5.32 Å². The van der Waals surface area contributed by atoms with Gasteiger partial charge >= 0.3 is 5.97 Å². The number of carbonyl (C=O) groups excluding carboxylic acids is 1. The van der Waals surface area contributed by atoms with Crippen molar-refractivity contribution in [2.45, 2.75) is 19.4 Å². The molecule has 0 saturated heterocycles. The van der Waals surface area contributed by atoms with Crippen molar-refractivity contribution in [1.82, 2.24) is 5.32 Å². The molecule has 1 atom stereocenters. The molecule has 0 radical (unpaired) electrons. The van der Waals surface area contributed by atoms with E-state index in [4.69, 9.17) is 4.42 Å². The highest BCUT2D eigenvalue weighted by Crippen LogP contribution is 2.10. The van der Waals surface area contributed by atoms with Gasteiger partial charge in [-0.25, -0.2) is 4.79 Å². The Morgan fingerprint density at radius 3 is 2.50 bits per heavy atom. The van der Waals surface area contributed by atoms with E-state index in [1.165, 1.54) is 12.3 Å². The number of aliphatic carboxylic acids is 1. The summed E-state index contributed by atoms with van der Waals surface area (Å²) >= 11 is 0. The van der Waals surface area contributed by atoms with Gasteiger partial charge in [-0.3, -0.25) is 4.79 Å². The number of benzene rings is 1. The Bertz CT molecular complexity index is 603. The van der Waals surface area contributed by atoms with Crippen LogP contribution in [0.1, 0.15) is 21.7 Å². The van der Waals surface area contributed by atoms with Gasteiger partial charge in [0.1, 0.15) is 11.8 Å². The molecule has 0 unspecified atom stereocenters. The quantitative estimate of drug-likeness (QED) is 0.873. The van der Waals surface area contributed by atoms with Crippen molar-refractivity contribution in [2.75, 3.05) is 0 Å². The summed E-state index contributed by atoms with van der Waals surface area (Å²) in [7, 11) is 0. The Labute approximate surface area is 116 Å². The van der Waals surface area contributed by atoms with E-state index in [1.807, 2.05) is 30.3 Å². The van der Waals surface area contributed by atoms with Crippen LogP contribution in [0.15, 0.2) is 47.1 Å². The van der Waals surface area contributed by atoms with Gasteiger partial charge in [-0.15, -0.1) is 0 Å². The highest BCUT2D eigenvalue weighted by Gasteiger charge is 2.22. The minimum Gasteiger partial charge on any atom is -0.480 e. The number of aryl methyl sites for hydroxylation is 1. The number of carbonyl (C=O) groups is 2. The first kappa shape index (κ1) is 13.9. The van der Waals surface area contributed by atoms with E-state index in [-0.39, 0.29) is 6.42 Å². The molecular weight excluding hydrogens is 258 g/mol. The fourth-order valence-electron chi connectivity index (χ4n) is 1.91. The second-order valence-corrected chi connectivity index (χ2v) is 4.44. The monoisotopic (exact) mass is 273 g/mol. The molecule has 0 spiro atoms. The van der Waals surface area contributed by atoms with E-state index < -0.39 is 17.9 Å². The fraction of sp³-hybridized carbons (Fsp3) is 0.200. The minimum absolute atomic E-state index is 0.235. The summed E-state index contributed by atoms with van der Waals surface area (Å²) in [5, 5.41) is 11.7. The Morgan fingerprint density at radius 1 is 1.25 bits per heavy atom. The number of amides is 1. The number of nitrogens with one attached hydrogen (secondary N) is 1. The highest BCUT2D eigenvalue weighted by atomic mass is 16.4. The number of rotatable bonds is 5. The van der Waals surface area contributed by atoms with Crippen molar-refractivity contribution in [1.29, 1.82) is 0 Å². The number of carboxylic acid groups (broad SMARTS) is 1. The van der Waals surface area contributed by atoms with E-state index in [1.54, 1.807) is 6.92 Å². The van der Waals surface area contributed by atoms with Gasteiger partial charge in [-0.05, 0) is 18.6 Å². The van der Waals surface area contributed by atoms with Gasteiger partial charge in [0.25, 0.3) is 5.91 Å². The molecule has 1 aromatic carbocycles. The van der Waals surface area contributed by atoms with Gasteiger partial charge in [-0.1, -0.05) is 30.3 Å². The number of furan rings is 1. The zero-order valence-electron chi connectivity index (χ0n) is 11.0. The first-order valence-corrected chi connectivity index (χ1v) is 6.19. The fourth-order valence-corrected chi connectivity index (χ4v) is 1.91. The largest absolute Gasteiger partial charge is 0.480 e. The molecule has 0 aliphatic heterocycles. The highest BCUT2D eigenvalue weighted by molar-refractivity contribution is 5.97. The summed E-state index contributed by atoms with van der Waals surface area (Å²) in [5.74, 6) is -1.05. The smallest absolute Gasteiger partial charge is 0.326 e. The summed E-state index contributed by atoms with van der Waals surface area (Å²) in [5.41, 5.74) is 1.20. The van der Waals surface area contributed by atoms with Crippen molar-refractivity contribution in [3.05, 3.63) is 59.5 Å². The molecule has 0 saturated carbocycles. The van der Waals surface area contributed by atoms with Crippen LogP contribution in [0.4, 0.5) is 0 Å². The van der Waals surface area contributed by atoms with Crippen LogP contribution in [0.25, 0.3) is 0 Å². The molecule has 2 aromatic rings. The Hall–Kier alpha value is -2.56. The zero-order chi connectivity index (χ0) is 14.5. The zero-order valence-corrected chi connectivity index (χ0v) is 11.0. The van der Waals surface area contributed by atoms with Crippen molar-refractivity contribution in [3.8, 4) is 0 Å². The maximum absolute atomic E-state index is 12.0. The summed E-state index contributed by atoms with van der Waals surface area (Å²) < 4.78 is 5.04. The van der Waals surface area contributed by atoms with Crippen molar-refractivity contribution in [3.63, 3.8) is 0 Å². The SMILES string of the molecule is Cc1occc1C(=O)N[C@@H](Cc1ccccc1)C(=O)O. The van der Waals surface area contributed by atoms with Gasteiger partial charge in [-0.2, -0.15) is 0 Å². The lowest BCUT2D eigenvalue weighted by atomic mass is 10.1. The molecule has 20 heavy (non-hydrogen) atoms. The van der Waals surface area contributed by atoms with Gasteiger partial charge in [0.05, 0.1) is 11.8 Å². The average molecular weight is 273 g/mol. The Balaban J connectivity index is 2.09. The normalized spacial score (nSPS) is 11.8. The lowest BCUT2D eigenvalue weighted by Crippen LogP contribution is -2.42. The molecule has 0 bridgehead atoms. The molecule has 5 nitrogen and oxygen atoms in total. The third-order valence-electron chi connectivity index (χ3n) is 2.99. The second kappa shape index (κ2) is 6.06. The topological polar surface area (TPSA) is 79.5 Å². The third-order valence-corrected chi connectivity index (χ3v) is 2.99. The second-order valence-electron chi connectivity index (χ2n) is 4.44. The molecule has 2 rings (SSSR count). The van der Waals surface area contributed by atoms with E-state index >= 15 is 0 Å². The summed E-state index contributed by atoms with van der Waals surface area (Å²) in [6, 6.07) is 9.71. The molecule has 5 heteroatoms. The van der Waals surface area contributed by atoms with Crippen LogP contribution >= 0.6 is 0 Å². The Kier molecular flexibility index (Phi) is 4.20. The summed E-state index contributed by atoms with van der Waals surface area (Å²) in [6.07, 6.45) is 1.63. The molecule has 2 N–H and O–H groups in total. The van der Waals surface area contributed by atoms with Crippen molar-refractivity contribution in [2.24, 2.45) is 0 Å². The predicted molar refractivity (Wildman–Crippen MR) is 72.5 cm³/mol. The molecule has 104 valence electrons. The maximum Gasteiger partial charge on any atom is 0.326 e. The lowest BCUT2D eigenvalue weighted by Gasteiger charge is -2.14. The van der Waals surface area contributed by atoms with Gasteiger partial charge in [0, 0.05) is 6.42 Å². The van der Waals surface area contributed by atoms with Crippen LogP contribution in [-0.4, -0.2) is 23.0 Å². The number of hydrogen-bond acceptors (Lipinski definition) is 3. The molecule has 1 aromatic heterocycles. The first-order valence-electron chi connectivity index (χ1n) is 6.19. The Morgan fingerprint density at radius 2 is 1.95 bits per heavy atom. The first-order chi connectivity index (χ1) is 9.58. The standard InChI is InChI=1S/C15H15NO4/c1-10-12(7-8-20-10)14(17)16-13(15(18)19)9-11-5-3-2-4-6-11/h2-8,13H,9H2,1H3,(H,16,17)(H,18,19)/t13-/m0/s1. The molecule has 1 heterocycles. The van der Waals surface area contributed by atoms with Gasteiger partial charge < -0.3 is 14.8 Å². The minimum atomic E-state index is -1.07. The third kappa shape index (κ3) is 3.26. The van der Waals surface area contributed by atoms with Crippen LogP contribution in [0, 0.1) is 6.92 Å². The molecular formula is C15H15NO4. The predicted octanol–water partition coefficient (Wildman–Crippen LogP) is 2.01. The van der Waals surface area contributed by atoms with E-state index in [9.17, 15) is 14.7 Å². The molecule has 0 aliphatic carbocycles. The summed E-state index contributed by atoms with van der Waals surface area (Å²) in [6.45, 7) is 1.65. The number of carboxylic acids is 1. The van der Waals surface area contributed by atoms with Crippen LogP contribution < -0.4 is 5.32 Å².